The Morgan fingerprint density at radius 2 is 1.61 bits per heavy atom. The maximum atomic E-state index is 13.4. The molecule has 0 radical (unpaired) electrons. The molecule has 3 heterocycles. The van der Waals surface area contributed by atoms with Crippen LogP contribution in [0.3, 0.4) is 0 Å². The highest BCUT2D eigenvalue weighted by Crippen LogP contribution is 2.29. The number of carbonyl (C=O) groups excluding carboxylic acids is 1. The first kappa shape index (κ1) is 22.3. The summed E-state index contributed by atoms with van der Waals surface area (Å²) in [6.07, 6.45) is 0.842. The molecule has 0 bridgehead atoms. The molecule has 0 atom stereocenters. The molecule has 1 aliphatic rings. The molecule has 2 aromatic heterocycles. The van der Waals surface area contributed by atoms with E-state index in [1.807, 2.05) is 24.3 Å². The highest BCUT2D eigenvalue weighted by atomic mass is 32.1. The lowest BCUT2D eigenvalue weighted by molar-refractivity contribution is 0.102. The van der Waals surface area contributed by atoms with Crippen LogP contribution in [0.4, 0.5) is 5.13 Å². The van der Waals surface area contributed by atoms with Gasteiger partial charge in [-0.05, 0) is 23.8 Å². The lowest BCUT2D eigenvalue weighted by atomic mass is 10.1. The van der Waals surface area contributed by atoms with Crippen LogP contribution in [0.15, 0.2) is 89.7 Å². The Bertz CT molecular complexity index is 1610. The molecule has 1 aliphatic heterocycles. The number of anilines is 1. The van der Waals surface area contributed by atoms with Crippen LogP contribution in [0.1, 0.15) is 26.6 Å². The molecule has 3 aromatic carbocycles. The van der Waals surface area contributed by atoms with Crippen LogP contribution in [0.5, 0.6) is 0 Å². The zero-order valence-corrected chi connectivity index (χ0v) is 20.2. The molecule has 0 fully saturated rings. The third-order valence-electron chi connectivity index (χ3n) is 6.30. The van der Waals surface area contributed by atoms with Crippen molar-refractivity contribution in [1.29, 1.82) is 0 Å². The second-order valence-corrected chi connectivity index (χ2v) is 9.82. The zero-order valence-electron chi connectivity index (χ0n) is 19.4. The van der Waals surface area contributed by atoms with Crippen molar-refractivity contribution in [2.24, 2.45) is 0 Å². The normalized spacial score (nSPS) is 13.4. The van der Waals surface area contributed by atoms with Crippen molar-refractivity contribution in [3.63, 3.8) is 0 Å². The summed E-state index contributed by atoms with van der Waals surface area (Å²) in [4.78, 5) is 34.8. The number of nitrogens with one attached hydrogen (secondary N) is 1. The van der Waals surface area contributed by atoms with Crippen LogP contribution < -0.4 is 10.9 Å². The summed E-state index contributed by atoms with van der Waals surface area (Å²) in [7, 11) is 0. The summed E-state index contributed by atoms with van der Waals surface area (Å²) < 4.78 is 1.28. The number of hydrogen-bond donors (Lipinski definition) is 1. The lowest BCUT2D eigenvalue weighted by Crippen LogP contribution is -2.29. The number of rotatable bonds is 5. The van der Waals surface area contributed by atoms with Crippen molar-refractivity contribution in [1.82, 2.24) is 19.7 Å². The van der Waals surface area contributed by atoms with Gasteiger partial charge in [-0.2, -0.15) is 9.78 Å². The van der Waals surface area contributed by atoms with Crippen molar-refractivity contribution in [2.45, 2.75) is 19.5 Å². The Balaban J connectivity index is 1.28. The number of carbonyl (C=O) groups is 1. The number of benzene rings is 3. The van der Waals surface area contributed by atoms with E-state index in [9.17, 15) is 9.59 Å². The van der Waals surface area contributed by atoms with E-state index < -0.39 is 0 Å². The predicted octanol–water partition coefficient (Wildman–Crippen LogP) is 4.65. The van der Waals surface area contributed by atoms with Gasteiger partial charge in [0.15, 0.2) is 10.8 Å². The second-order valence-electron chi connectivity index (χ2n) is 8.74. The van der Waals surface area contributed by atoms with E-state index in [2.05, 4.69) is 39.6 Å². The molecule has 1 N–H and O–H groups in total. The van der Waals surface area contributed by atoms with Crippen molar-refractivity contribution >= 4 is 33.1 Å². The predicted molar refractivity (Wildman–Crippen MR) is 142 cm³/mol. The molecule has 178 valence electrons. The van der Waals surface area contributed by atoms with E-state index in [0.29, 0.717) is 21.6 Å². The highest BCUT2D eigenvalue weighted by Gasteiger charge is 2.23. The summed E-state index contributed by atoms with van der Waals surface area (Å²) in [6, 6.07) is 26.6. The van der Waals surface area contributed by atoms with Gasteiger partial charge in [-0.25, -0.2) is 4.98 Å². The summed E-state index contributed by atoms with van der Waals surface area (Å²) in [6.45, 7) is 2.61. The first-order valence-electron chi connectivity index (χ1n) is 11.8. The molecule has 1 amide bonds. The molecule has 0 aliphatic carbocycles. The van der Waals surface area contributed by atoms with E-state index in [1.165, 1.54) is 26.5 Å². The first-order chi connectivity index (χ1) is 17.7. The number of nitrogens with zero attached hydrogens (tertiary/aromatic N) is 4. The Morgan fingerprint density at radius 1 is 0.917 bits per heavy atom. The van der Waals surface area contributed by atoms with Gasteiger partial charge in [0.25, 0.3) is 11.5 Å². The Labute approximate surface area is 211 Å². The SMILES string of the molecule is O=C(Nc1nc2c(s1)CN(Cc1ccccc1)CC2)c1nn(-c2ccccc2)c(=O)c2ccccc12. The largest absolute Gasteiger partial charge is 0.296 e. The minimum Gasteiger partial charge on any atom is -0.296 e. The summed E-state index contributed by atoms with van der Waals surface area (Å²) in [5.41, 5.74) is 2.84. The van der Waals surface area contributed by atoms with Crippen LogP contribution in [-0.2, 0) is 19.5 Å². The summed E-state index contributed by atoms with van der Waals surface area (Å²) in [5.74, 6) is -0.386. The molecule has 5 aromatic rings. The standard InChI is InChI=1S/C28H23N5O2S/c34-26(25-21-13-7-8-14-22(21)27(35)33(31-25)20-11-5-2-6-12-20)30-28-29-23-15-16-32(18-24(23)36-28)17-19-9-3-1-4-10-19/h1-14H,15-18H2,(H,29,30,34). The molecule has 6 rings (SSSR count). The maximum absolute atomic E-state index is 13.4. The fourth-order valence-corrected chi connectivity index (χ4v) is 5.58. The maximum Gasteiger partial charge on any atom is 0.279 e. The van der Waals surface area contributed by atoms with E-state index in [1.54, 1.807) is 36.4 Å². The monoisotopic (exact) mass is 493 g/mol. The molecule has 7 nitrogen and oxygen atoms in total. The van der Waals surface area contributed by atoms with E-state index >= 15 is 0 Å². The number of aromatic nitrogens is 3. The van der Waals surface area contributed by atoms with Crippen molar-refractivity contribution in [2.75, 3.05) is 11.9 Å². The minimum absolute atomic E-state index is 0.188. The van der Waals surface area contributed by atoms with Crippen LogP contribution in [0.2, 0.25) is 0 Å². The summed E-state index contributed by atoms with van der Waals surface area (Å²) in [5, 5.41) is 8.92. The fourth-order valence-electron chi connectivity index (χ4n) is 4.54. The highest BCUT2D eigenvalue weighted by molar-refractivity contribution is 7.15. The van der Waals surface area contributed by atoms with Gasteiger partial charge in [0, 0.05) is 36.3 Å². The molecule has 0 saturated carbocycles. The van der Waals surface area contributed by atoms with E-state index in [0.717, 1.165) is 31.7 Å². The van der Waals surface area contributed by atoms with Gasteiger partial charge < -0.3 is 0 Å². The fraction of sp³-hybridized carbons (Fsp3) is 0.143. The van der Waals surface area contributed by atoms with Crippen molar-refractivity contribution in [3.8, 4) is 5.69 Å². The second kappa shape index (κ2) is 9.49. The number of fused-ring (bicyclic) bond motifs is 2. The molecule has 0 spiro atoms. The smallest absolute Gasteiger partial charge is 0.279 e. The topological polar surface area (TPSA) is 80.1 Å². The molecule has 8 heteroatoms. The zero-order chi connectivity index (χ0) is 24.5. The number of amides is 1. The van der Waals surface area contributed by atoms with Crippen molar-refractivity contribution < 1.29 is 4.79 Å². The number of thiazole rings is 1. The lowest BCUT2D eigenvalue weighted by Gasteiger charge is -2.25. The third kappa shape index (κ3) is 4.32. The van der Waals surface area contributed by atoms with Gasteiger partial charge in [0.05, 0.1) is 16.8 Å². The van der Waals surface area contributed by atoms with Crippen molar-refractivity contribution in [3.05, 3.63) is 117 Å². The number of para-hydroxylation sites is 1. The Kier molecular flexibility index (Phi) is 5.88. The van der Waals surface area contributed by atoms with Gasteiger partial charge >= 0.3 is 0 Å². The molecule has 0 saturated heterocycles. The van der Waals surface area contributed by atoms with E-state index in [4.69, 9.17) is 4.98 Å². The molecule has 36 heavy (non-hydrogen) atoms. The Hall–Kier alpha value is -4.14. The van der Waals surface area contributed by atoms with Gasteiger partial charge in [-0.1, -0.05) is 66.7 Å². The molecular weight excluding hydrogens is 470 g/mol. The van der Waals surface area contributed by atoms with Crippen LogP contribution in [0.25, 0.3) is 16.5 Å². The minimum atomic E-state index is -0.386. The molecule has 0 unspecified atom stereocenters. The average molecular weight is 494 g/mol. The van der Waals surface area contributed by atoms with Gasteiger partial charge in [-0.3, -0.25) is 19.8 Å². The van der Waals surface area contributed by atoms with Crippen LogP contribution in [-0.4, -0.2) is 32.1 Å². The van der Waals surface area contributed by atoms with Gasteiger partial charge in [0.2, 0.25) is 0 Å². The third-order valence-corrected chi connectivity index (χ3v) is 7.30. The number of hydrogen-bond acceptors (Lipinski definition) is 6. The van der Waals surface area contributed by atoms with Crippen LogP contribution in [0, 0.1) is 0 Å². The quantitative estimate of drug-likeness (QED) is 0.385. The summed E-state index contributed by atoms with van der Waals surface area (Å²) >= 11 is 1.50. The Morgan fingerprint density at radius 3 is 2.39 bits per heavy atom. The van der Waals surface area contributed by atoms with Gasteiger partial charge in [-0.15, -0.1) is 11.3 Å². The van der Waals surface area contributed by atoms with E-state index in [-0.39, 0.29) is 17.2 Å². The van der Waals surface area contributed by atoms with Crippen LogP contribution >= 0.6 is 11.3 Å². The van der Waals surface area contributed by atoms with Gasteiger partial charge in [0.1, 0.15) is 0 Å². The average Bonchev–Trinajstić information content (AvgIpc) is 3.31. The first-order valence-corrected chi connectivity index (χ1v) is 12.6. The molecular formula is C28H23N5O2S.